The van der Waals surface area contributed by atoms with Crippen LogP contribution in [0.5, 0.6) is 0 Å². The van der Waals surface area contributed by atoms with Crippen LogP contribution in [0.3, 0.4) is 0 Å². The van der Waals surface area contributed by atoms with Crippen LogP contribution in [0.2, 0.25) is 5.02 Å². The van der Waals surface area contributed by atoms with E-state index in [-0.39, 0.29) is 5.56 Å². The van der Waals surface area contributed by atoms with Crippen molar-refractivity contribution in [3.05, 3.63) is 62.8 Å². The van der Waals surface area contributed by atoms with Crippen LogP contribution in [0, 0.1) is 5.92 Å². The van der Waals surface area contributed by atoms with Crippen LogP contribution in [-0.4, -0.2) is 16.5 Å². The molecule has 4 nitrogen and oxygen atoms in total. The van der Waals surface area contributed by atoms with E-state index in [0.29, 0.717) is 29.7 Å². The van der Waals surface area contributed by atoms with Crippen LogP contribution in [0.4, 0.5) is 0 Å². The third kappa shape index (κ3) is 5.33. The molecule has 0 unspecified atom stereocenters. The van der Waals surface area contributed by atoms with Crippen LogP contribution in [0.15, 0.2) is 35.1 Å². The second kappa shape index (κ2) is 7.38. The van der Waals surface area contributed by atoms with E-state index in [1.807, 2.05) is 24.3 Å². The number of nitrogens with one attached hydrogen (secondary N) is 2. The summed E-state index contributed by atoms with van der Waals surface area (Å²) in [5.74, 6) is 1.23. The van der Waals surface area contributed by atoms with Crippen LogP contribution < -0.4 is 10.9 Å². The zero-order valence-corrected chi connectivity index (χ0v) is 13.1. The maximum absolute atomic E-state index is 11.7. The quantitative estimate of drug-likeness (QED) is 0.863. The van der Waals surface area contributed by atoms with Crippen molar-refractivity contribution in [1.29, 1.82) is 0 Å². The highest BCUT2D eigenvalue weighted by atomic mass is 35.5. The lowest BCUT2D eigenvalue weighted by Crippen LogP contribution is -2.22. The molecule has 0 aliphatic rings. The Labute approximate surface area is 129 Å². The number of nitrogens with zero attached hydrogens (tertiary/aromatic N) is 1. The highest BCUT2D eigenvalue weighted by Gasteiger charge is 2.04. The summed E-state index contributed by atoms with van der Waals surface area (Å²) in [7, 11) is 0. The summed E-state index contributed by atoms with van der Waals surface area (Å²) in [6, 6.07) is 9.10. The van der Waals surface area contributed by atoms with Gasteiger partial charge in [-0.2, -0.15) is 0 Å². The molecule has 21 heavy (non-hydrogen) atoms. The van der Waals surface area contributed by atoms with Gasteiger partial charge in [-0.3, -0.25) is 4.79 Å². The topological polar surface area (TPSA) is 57.8 Å². The first-order chi connectivity index (χ1) is 10.0. The summed E-state index contributed by atoms with van der Waals surface area (Å²) in [6.07, 6.45) is 0.563. The molecule has 0 saturated carbocycles. The third-order valence-electron chi connectivity index (χ3n) is 2.96. The van der Waals surface area contributed by atoms with E-state index in [2.05, 4.69) is 29.1 Å². The molecule has 0 atom stereocenters. The van der Waals surface area contributed by atoms with E-state index in [9.17, 15) is 4.79 Å². The molecule has 2 N–H and O–H groups in total. The third-order valence-corrected chi connectivity index (χ3v) is 3.20. The summed E-state index contributed by atoms with van der Waals surface area (Å²) >= 11 is 5.97. The minimum Gasteiger partial charge on any atom is -0.311 e. The zero-order chi connectivity index (χ0) is 15.2. The van der Waals surface area contributed by atoms with Crippen molar-refractivity contribution in [2.24, 2.45) is 5.92 Å². The normalized spacial score (nSPS) is 11.0. The van der Waals surface area contributed by atoms with Gasteiger partial charge in [-0.15, -0.1) is 0 Å². The van der Waals surface area contributed by atoms with Crippen LogP contribution in [0.25, 0.3) is 0 Å². The predicted octanol–water partition coefficient (Wildman–Crippen LogP) is 2.76. The fourth-order valence-electron chi connectivity index (χ4n) is 2.07. The molecule has 0 aliphatic heterocycles. The number of aromatic nitrogens is 2. The number of H-pyrrole nitrogens is 1. The van der Waals surface area contributed by atoms with E-state index < -0.39 is 0 Å². The van der Waals surface area contributed by atoms with Crippen LogP contribution in [-0.2, 0) is 13.0 Å². The molecule has 1 heterocycles. The number of aromatic amines is 1. The summed E-state index contributed by atoms with van der Waals surface area (Å²) in [5.41, 5.74) is 1.66. The standard InChI is InChI=1S/C16H20ClN3O/c1-11(2)9-18-10-14-8-16(21)20-15(19-14)7-12-4-3-5-13(17)6-12/h3-6,8,11,18H,7,9-10H2,1-2H3,(H,19,20,21). The zero-order valence-electron chi connectivity index (χ0n) is 12.3. The van der Waals surface area contributed by atoms with E-state index >= 15 is 0 Å². The van der Waals surface area contributed by atoms with Gasteiger partial charge in [-0.25, -0.2) is 4.98 Å². The molecule has 2 aromatic rings. The Morgan fingerprint density at radius 1 is 1.33 bits per heavy atom. The highest BCUT2D eigenvalue weighted by molar-refractivity contribution is 6.30. The molecule has 112 valence electrons. The molecule has 0 spiro atoms. The number of rotatable bonds is 6. The average molecular weight is 306 g/mol. The van der Waals surface area contributed by atoms with Gasteiger partial charge in [0.2, 0.25) is 0 Å². The molecule has 2 rings (SSSR count). The summed E-state index contributed by atoms with van der Waals surface area (Å²) in [5, 5.41) is 3.98. The van der Waals surface area contributed by atoms with E-state index in [0.717, 1.165) is 17.8 Å². The first kappa shape index (κ1) is 15.7. The maximum atomic E-state index is 11.7. The summed E-state index contributed by atoms with van der Waals surface area (Å²) in [6.45, 7) is 5.79. The maximum Gasteiger partial charge on any atom is 0.251 e. The smallest absolute Gasteiger partial charge is 0.251 e. The molecule has 0 fully saturated rings. The number of hydrogen-bond donors (Lipinski definition) is 2. The van der Waals surface area contributed by atoms with E-state index in [1.54, 1.807) is 0 Å². The van der Waals surface area contributed by atoms with Crippen LogP contribution >= 0.6 is 11.6 Å². The lowest BCUT2D eigenvalue weighted by Gasteiger charge is -2.08. The van der Waals surface area contributed by atoms with E-state index in [1.165, 1.54) is 6.07 Å². The van der Waals surface area contributed by atoms with Crippen molar-refractivity contribution in [2.75, 3.05) is 6.54 Å². The van der Waals surface area contributed by atoms with Gasteiger partial charge in [0.05, 0.1) is 5.69 Å². The van der Waals surface area contributed by atoms with Crippen molar-refractivity contribution in [1.82, 2.24) is 15.3 Å². The summed E-state index contributed by atoms with van der Waals surface area (Å²) < 4.78 is 0. The molecular formula is C16H20ClN3O. The largest absolute Gasteiger partial charge is 0.311 e. The Morgan fingerprint density at radius 2 is 2.14 bits per heavy atom. The molecule has 0 radical (unpaired) electrons. The minimum atomic E-state index is -0.122. The molecule has 0 aliphatic carbocycles. The SMILES string of the molecule is CC(C)CNCc1cc(=O)[nH]c(Cc2cccc(Cl)c2)n1. The first-order valence-electron chi connectivity index (χ1n) is 7.07. The van der Waals surface area contributed by atoms with Crippen molar-refractivity contribution in [2.45, 2.75) is 26.8 Å². The van der Waals surface area contributed by atoms with Gasteiger partial charge in [-0.05, 0) is 30.2 Å². The Kier molecular flexibility index (Phi) is 5.53. The monoisotopic (exact) mass is 305 g/mol. The number of halogens is 1. The Bertz CT molecular complexity index is 652. The predicted molar refractivity (Wildman–Crippen MR) is 85.7 cm³/mol. The van der Waals surface area contributed by atoms with Gasteiger partial charge in [0.25, 0.3) is 5.56 Å². The van der Waals surface area contributed by atoms with Gasteiger partial charge in [0.1, 0.15) is 5.82 Å². The Morgan fingerprint density at radius 3 is 2.86 bits per heavy atom. The highest BCUT2D eigenvalue weighted by Crippen LogP contribution is 2.12. The van der Waals surface area contributed by atoms with Crippen molar-refractivity contribution in [3.63, 3.8) is 0 Å². The van der Waals surface area contributed by atoms with Gasteiger partial charge in [0, 0.05) is 24.1 Å². The fraction of sp³-hybridized carbons (Fsp3) is 0.375. The lowest BCUT2D eigenvalue weighted by atomic mass is 10.1. The molecule has 1 aromatic heterocycles. The molecular weight excluding hydrogens is 286 g/mol. The second-order valence-corrected chi connectivity index (χ2v) is 5.95. The van der Waals surface area contributed by atoms with Gasteiger partial charge >= 0.3 is 0 Å². The first-order valence-corrected chi connectivity index (χ1v) is 7.45. The van der Waals surface area contributed by atoms with Gasteiger partial charge in [-0.1, -0.05) is 37.6 Å². The van der Waals surface area contributed by atoms with Crippen LogP contribution in [0.1, 0.15) is 30.9 Å². The molecule has 0 bridgehead atoms. The molecule has 5 heteroatoms. The van der Waals surface area contributed by atoms with Crippen molar-refractivity contribution in [3.8, 4) is 0 Å². The summed E-state index contributed by atoms with van der Waals surface area (Å²) in [4.78, 5) is 19.0. The van der Waals surface area contributed by atoms with E-state index in [4.69, 9.17) is 11.6 Å². The molecule has 0 amide bonds. The van der Waals surface area contributed by atoms with Crippen molar-refractivity contribution >= 4 is 11.6 Å². The number of benzene rings is 1. The number of hydrogen-bond acceptors (Lipinski definition) is 3. The van der Waals surface area contributed by atoms with Gasteiger partial charge < -0.3 is 10.3 Å². The Balaban J connectivity index is 2.09. The lowest BCUT2D eigenvalue weighted by molar-refractivity contribution is 0.547. The Hall–Kier alpha value is -1.65. The molecule has 1 aromatic carbocycles. The minimum absolute atomic E-state index is 0.122. The second-order valence-electron chi connectivity index (χ2n) is 5.51. The van der Waals surface area contributed by atoms with Gasteiger partial charge in [0.15, 0.2) is 0 Å². The molecule has 0 saturated heterocycles. The average Bonchev–Trinajstić information content (AvgIpc) is 2.37. The fourth-order valence-corrected chi connectivity index (χ4v) is 2.28. The van der Waals surface area contributed by atoms with Crippen molar-refractivity contribution < 1.29 is 0 Å².